The maximum absolute atomic E-state index is 5.51. The Hall–Kier alpha value is -0.0300. The molecule has 0 aliphatic carbocycles. The number of halogens is 1. The first-order valence-electron chi connectivity index (χ1n) is 4.91. The van der Waals surface area contributed by atoms with Crippen molar-refractivity contribution in [1.29, 1.82) is 0 Å². The molecular weight excluding hydrogens is 289 g/mol. The fraction of sp³-hybridized carbons (Fsp3) is 0.636. The van der Waals surface area contributed by atoms with Crippen molar-refractivity contribution < 1.29 is 32.9 Å². The summed E-state index contributed by atoms with van der Waals surface area (Å²) in [5.41, 5.74) is 0. The highest BCUT2D eigenvalue weighted by Crippen LogP contribution is 2.08. The Morgan fingerprint density at radius 3 is 2.36 bits per heavy atom. The third-order valence-electron chi connectivity index (χ3n) is 2.62. The van der Waals surface area contributed by atoms with E-state index in [0.717, 1.165) is 29.0 Å². The van der Waals surface area contributed by atoms with Gasteiger partial charge in [-0.15, -0.1) is 0 Å². The van der Waals surface area contributed by atoms with Crippen LogP contribution in [0.25, 0.3) is 0 Å². The smallest absolute Gasteiger partial charge is 0.109 e. The Labute approximate surface area is 104 Å². The summed E-state index contributed by atoms with van der Waals surface area (Å²) in [6.07, 6.45) is 1.04. The first kappa shape index (κ1) is 14.0. The highest BCUT2D eigenvalue weighted by atomic mass is 127. The Morgan fingerprint density at radius 1 is 1.29 bits per heavy atom. The van der Waals surface area contributed by atoms with Gasteiger partial charge in [0.05, 0.1) is 33.6 Å². The van der Waals surface area contributed by atoms with Crippen molar-refractivity contribution in [2.75, 3.05) is 27.2 Å². The number of furan rings is 1. The molecule has 0 unspecified atom stereocenters. The van der Waals surface area contributed by atoms with E-state index in [2.05, 4.69) is 27.1 Å². The largest absolute Gasteiger partial charge is 1.00 e. The molecule has 0 saturated heterocycles. The summed E-state index contributed by atoms with van der Waals surface area (Å²) in [5, 5.41) is 0. The first-order chi connectivity index (χ1) is 6.03. The van der Waals surface area contributed by atoms with Crippen LogP contribution in [0.3, 0.4) is 0 Å². The molecule has 0 fully saturated rings. The van der Waals surface area contributed by atoms with Crippen LogP contribution in [0.4, 0.5) is 0 Å². The Morgan fingerprint density at radius 2 is 1.93 bits per heavy atom. The molecule has 0 spiro atoms. The second-order valence-corrected chi connectivity index (χ2v) is 4.24. The quantitative estimate of drug-likeness (QED) is 0.526. The van der Waals surface area contributed by atoms with E-state index >= 15 is 0 Å². The Balaban J connectivity index is 0.00000169. The van der Waals surface area contributed by atoms with Gasteiger partial charge in [0, 0.05) is 0 Å². The van der Waals surface area contributed by atoms with E-state index in [-0.39, 0.29) is 24.0 Å². The Kier molecular flexibility index (Phi) is 5.74. The van der Waals surface area contributed by atoms with Gasteiger partial charge in [0.2, 0.25) is 0 Å². The zero-order valence-corrected chi connectivity index (χ0v) is 11.7. The van der Waals surface area contributed by atoms with Crippen LogP contribution < -0.4 is 24.0 Å². The molecule has 2 nitrogen and oxygen atoms in total. The molecule has 0 aliphatic heterocycles. The van der Waals surface area contributed by atoms with Crippen LogP contribution in [0.15, 0.2) is 16.5 Å². The summed E-state index contributed by atoms with van der Waals surface area (Å²) in [7, 11) is 4.49. The lowest BCUT2D eigenvalue weighted by atomic mass is 10.3. The number of hydrogen-bond donors (Lipinski definition) is 0. The zero-order valence-electron chi connectivity index (χ0n) is 9.51. The molecule has 14 heavy (non-hydrogen) atoms. The van der Waals surface area contributed by atoms with E-state index in [1.807, 2.05) is 13.0 Å². The number of aryl methyl sites for hydroxylation is 1. The SMILES string of the molecule is CC[N+](C)(C)CCc1ccc(C)o1.[I-]. The minimum atomic E-state index is 0. The van der Waals surface area contributed by atoms with E-state index in [0.29, 0.717) is 0 Å². The summed E-state index contributed by atoms with van der Waals surface area (Å²) in [4.78, 5) is 0. The molecule has 0 bridgehead atoms. The lowest BCUT2D eigenvalue weighted by Gasteiger charge is -2.27. The highest BCUT2D eigenvalue weighted by molar-refractivity contribution is 5.05. The van der Waals surface area contributed by atoms with Crippen LogP contribution in [-0.4, -0.2) is 31.7 Å². The van der Waals surface area contributed by atoms with Crippen LogP contribution in [0, 0.1) is 6.92 Å². The average Bonchev–Trinajstić information content (AvgIpc) is 2.48. The van der Waals surface area contributed by atoms with Gasteiger partial charge in [0.15, 0.2) is 0 Å². The van der Waals surface area contributed by atoms with Gasteiger partial charge in [-0.3, -0.25) is 0 Å². The van der Waals surface area contributed by atoms with E-state index < -0.39 is 0 Å². The fourth-order valence-electron chi connectivity index (χ4n) is 1.19. The van der Waals surface area contributed by atoms with Crippen molar-refractivity contribution in [3.05, 3.63) is 23.7 Å². The lowest BCUT2D eigenvalue weighted by Crippen LogP contribution is -3.00. The molecule has 0 N–H and O–H groups in total. The molecule has 1 rings (SSSR count). The minimum absolute atomic E-state index is 0. The highest BCUT2D eigenvalue weighted by Gasteiger charge is 2.12. The summed E-state index contributed by atoms with van der Waals surface area (Å²) in [5.74, 6) is 2.12. The number of rotatable bonds is 4. The second kappa shape index (κ2) is 5.75. The standard InChI is InChI=1S/C11H20NO.HI/c1-5-12(3,4)9-8-11-7-6-10(2)13-11;/h6-7H,5,8-9H2,1-4H3;1H/q+1;/p-1. The summed E-state index contributed by atoms with van der Waals surface area (Å²) >= 11 is 0. The molecule has 0 amide bonds. The molecule has 1 aromatic rings. The normalized spacial score (nSPS) is 11.1. The second-order valence-electron chi connectivity index (χ2n) is 4.24. The summed E-state index contributed by atoms with van der Waals surface area (Å²) < 4.78 is 6.57. The van der Waals surface area contributed by atoms with E-state index in [1.54, 1.807) is 0 Å². The van der Waals surface area contributed by atoms with Gasteiger partial charge in [-0.2, -0.15) is 0 Å². The molecule has 0 radical (unpaired) electrons. The maximum Gasteiger partial charge on any atom is 0.109 e. The fourth-order valence-corrected chi connectivity index (χ4v) is 1.19. The Bertz CT molecular complexity index is 268. The van der Waals surface area contributed by atoms with Crippen molar-refractivity contribution >= 4 is 0 Å². The van der Waals surface area contributed by atoms with Gasteiger partial charge in [0.1, 0.15) is 11.5 Å². The van der Waals surface area contributed by atoms with Crippen LogP contribution in [0.5, 0.6) is 0 Å². The molecule has 0 saturated carbocycles. The van der Waals surface area contributed by atoms with Crippen molar-refractivity contribution in [3.63, 3.8) is 0 Å². The van der Waals surface area contributed by atoms with Gasteiger partial charge in [-0.05, 0) is 26.0 Å². The summed E-state index contributed by atoms with van der Waals surface area (Å²) in [6.45, 7) is 6.51. The third-order valence-corrected chi connectivity index (χ3v) is 2.62. The number of nitrogens with zero attached hydrogens (tertiary/aromatic N) is 1. The number of hydrogen-bond acceptors (Lipinski definition) is 1. The van der Waals surface area contributed by atoms with Gasteiger partial charge in [0.25, 0.3) is 0 Å². The lowest BCUT2D eigenvalue weighted by molar-refractivity contribution is -0.888. The molecule has 0 aromatic carbocycles. The monoisotopic (exact) mass is 309 g/mol. The third kappa shape index (κ3) is 4.46. The summed E-state index contributed by atoms with van der Waals surface area (Å²) in [6, 6.07) is 4.10. The molecular formula is C11H20INO. The van der Waals surface area contributed by atoms with Crippen LogP contribution in [0.1, 0.15) is 18.4 Å². The van der Waals surface area contributed by atoms with E-state index in [1.165, 1.54) is 6.54 Å². The molecule has 3 heteroatoms. The van der Waals surface area contributed by atoms with Crippen LogP contribution in [-0.2, 0) is 6.42 Å². The predicted octanol–water partition coefficient (Wildman–Crippen LogP) is -0.769. The van der Waals surface area contributed by atoms with E-state index in [9.17, 15) is 0 Å². The topological polar surface area (TPSA) is 13.1 Å². The van der Waals surface area contributed by atoms with Crippen molar-refractivity contribution in [3.8, 4) is 0 Å². The van der Waals surface area contributed by atoms with Gasteiger partial charge in [-0.1, -0.05) is 0 Å². The van der Waals surface area contributed by atoms with Gasteiger partial charge in [-0.25, -0.2) is 0 Å². The molecule has 0 atom stereocenters. The zero-order chi connectivity index (χ0) is 9.90. The molecule has 1 heterocycles. The average molecular weight is 309 g/mol. The molecule has 1 aromatic heterocycles. The molecule has 0 aliphatic rings. The maximum atomic E-state index is 5.51. The first-order valence-corrected chi connectivity index (χ1v) is 4.91. The minimum Gasteiger partial charge on any atom is -1.00 e. The van der Waals surface area contributed by atoms with Crippen molar-refractivity contribution in [1.82, 2.24) is 0 Å². The van der Waals surface area contributed by atoms with Crippen LogP contribution in [0.2, 0.25) is 0 Å². The van der Waals surface area contributed by atoms with Gasteiger partial charge >= 0.3 is 0 Å². The predicted molar refractivity (Wildman–Crippen MR) is 54.7 cm³/mol. The number of likely N-dealkylation sites (N-methyl/N-ethyl adjacent to an activating group) is 1. The van der Waals surface area contributed by atoms with Gasteiger partial charge < -0.3 is 32.9 Å². The van der Waals surface area contributed by atoms with Crippen LogP contribution >= 0.6 is 0 Å². The van der Waals surface area contributed by atoms with Crippen molar-refractivity contribution in [2.24, 2.45) is 0 Å². The molecule has 82 valence electrons. The number of quaternary nitrogens is 1. The van der Waals surface area contributed by atoms with Crippen molar-refractivity contribution in [2.45, 2.75) is 20.3 Å². The van der Waals surface area contributed by atoms with E-state index in [4.69, 9.17) is 4.42 Å².